The first-order valence-corrected chi connectivity index (χ1v) is 10.5. The fourth-order valence-corrected chi connectivity index (χ4v) is 3.45. The lowest BCUT2D eigenvalue weighted by molar-refractivity contribution is -0.127. The van der Waals surface area contributed by atoms with E-state index in [1.54, 1.807) is 6.33 Å². The zero-order valence-corrected chi connectivity index (χ0v) is 18.0. The van der Waals surface area contributed by atoms with Gasteiger partial charge in [-0.05, 0) is 11.5 Å². The van der Waals surface area contributed by atoms with Crippen LogP contribution < -0.4 is 5.32 Å². The molecule has 1 aliphatic heterocycles. The third-order valence-corrected chi connectivity index (χ3v) is 5.34. The number of nitrogens with one attached hydrogen (secondary N) is 1. The minimum Gasteiger partial charge on any atom is -0.465 e. The Bertz CT molecular complexity index is 894. The molecule has 8 heteroatoms. The number of allylic oxidation sites excluding steroid dienone is 1. The number of ether oxygens (including phenoxy) is 1. The number of benzene rings is 1. The van der Waals surface area contributed by atoms with Crippen LogP contribution in [0.4, 0.5) is 4.79 Å². The van der Waals surface area contributed by atoms with Crippen molar-refractivity contribution in [2.24, 2.45) is 5.92 Å². The molecule has 0 saturated heterocycles. The van der Waals surface area contributed by atoms with Crippen molar-refractivity contribution in [3.63, 3.8) is 0 Å². The van der Waals surface area contributed by atoms with Gasteiger partial charge in [0, 0.05) is 25.7 Å². The van der Waals surface area contributed by atoms with Gasteiger partial charge in [0.25, 0.3) is 0 Å². The van der Waals surface area contributed by atoms with Crippen molar-refractivity contribution in [3.05, 3.63) is 66.3 Å². The molecule has 0 radical (unpaired) electrons. The number of imidazole rings is 1. The number of carboxylic acid groups (broad SMARTS) is 1. The number of carbonyl (C=O) groups is 2. The topological polar surface area (TPSA) is 96.7 Å². The number of hydrogen-bond donors (Lipinski definition) is 2. The van der Waals surface area contributed by atoms with E-state index in [0.29, 0.717) is 25.5 Å². The van der Waals surface area contributed by atoms with E-state index >= 15 is 0 Å². The maximum Gasteiger partial charge on any atom is 0.408 e. The first-order valence-electron chi connectivity index (χ1n) is 10.5. The zero-order valence-electron chi connectivity index (χ0n) is 18.0. The van der Waals surface area contributed by atoms with Crippen LogP contribution in [0.25, 0.3) is 0 Å². The van der Waals surface area contributed by atoms with Gasteiger partial charge < -0.3 is 19.7 Å². The van der Waals surface area contributed by atoms with Crippen molar-refractivity contribution in [1.82, 2.24) is 19.8 Å². The molecule has 2 N–H and O–H groups in total. The maximum atomic E-state index is 13.3. The molecule has 166 valence electrons. The number of carbonyl (C=O) groups excluding carboxylic acids is 1. The highest BCUT2D eigenvalue weighted by atomic mass is 16.5. The summed E-state index contributed by atoms with van der Waals surface area (Å²) in [6.07, 6.45) is 6.52. The molecule has 0 saturated carbocycles. The van der Waals surface area contributed by atoms with Crippen LogP contribution >= 0.6 is 0 Å². The van der Waals surface area contributed by atoms with E-state index in [9.17, 15) is 14.7 Å². The molecule has 2 heterocycles. The predicted octanol–water partition coefficient (Wildman–Crippen LogP) is 2.70. The van der Waals surface area contributed by atoms with Crippen LogP contribution in [-0.4, -0.2) is 56.9 Å². The highest BCUT2D eigenvalue weighted by Crippen LogP contribution is 2.15. The Morgan fingerprint density at radius 1 is 1.32 bits per heavy atom. The smallest absolute Gasteiger partial charge is 0.408 e. The SMILES string of the molecule is CC(C)[C@H]1COC/C=C\Cn2cnc(c2)C[C@@H](N(Cc2ccccc2)C(=O)O)C(=O)N1. The van der Waals surface area contributed by atoms with Gasteiger partial charge >= 0.3 is 6.09 Å². The van der Waals surface area contributed by atoms with Crippen LogP contribution in [0.15, 0.2) is 55.0 Å². The Morgan fingerprint density at radius 2 is 2.10 bits per heavy atom. The van der Waals surface area contributed by atoms with Gasteiger partial charge in [-0.15, -0.1) is 0 Å². The van der Waals surface area contributed by atoms with Crippen LogP contribution in [0, 0.1) is 5.92 Å². The van der Waals surface area contributed by atoms with Crippen LogP contribution in [0.5, 0.6) is 0 Å². The summed E-state index contributed by atoms with van der Waals surface area (Å²) in [6.45, 7) is 5.55. The number of hydrogen-bond acceptors (Lipinski definition) is 4. The number of aromatic nitrogens is 2. The van der Waals surface area contributed by atoms with Gasteiger partial charge in [-0.3, -0.25) is 9.69 Å². The summed E-state index contributed by atoms with van der Waals surface area (Å²) in [4.78, 5) is 31.1. The molecule has 0 aliphatic carbocycles. The molecular formula is C23H30N4O4. The summed E-state index contributed by atoms with van der Waals surface area (Å²) in [5.74, 6) is -0.212. The number of rotatable bonds is 4. The third-order valence-electron chi connectivity index (χ3n) is 5.34. The number of fused-ring (bicyclic) bond motifs is 2. The highest BCUT2D eigenvalue weighted by molar-refractivity contribution is 5.85. The Balaban J connectivity index is 1.92. The summed E-state index contributed by atoms with van der Waals surface area (Å²) >= 11 is 0. The molecule has 2 amide bonds. The molecule has 0 unspecified atom stereocenters. The molecule has 0 fully saturated rings. The minimum atomic E-state index is -1.15. The summed E-state index contributed by atoms with van der Waals surface area (Å²) < 4.78 is 7.61. The molecule has 1 aliphatic rings. The van der Waals surface area contributed by atoms with Crippen molar-refractivity contribution < 1.29 is 19.4 Å². The van der Waals surface area contributed by atoms with E-state index in [1.165, 1.54) is 4.90 Å². The normalized spacial score (nSPS) is 21.2. The van der Waals surface area contributed by atoms with Gasteiger partial charge in [-0.1, -0.05) is 56.3 Å². The van der Waals surface area contributed by atoms with Crippen LogP contribution in [0.3, 0.4) is 0 Å². The molecule has 1 aromatic heterocycles. The van der Waals surface area contributed by atoms with Gasteiger partial charge in [-0.25, -0.2) is 9.78 Å². The third kappa shape index (κ3) is 6.42. The van der Waals surface area contributed by atoms with Crippen LogP contribution in [0.2, 0.25) is 0 Å². The van der Waals surface area contributed by atoms with E-state index in [4.69, 9.17) is 4.74 Å². The fraction of sp³-hybridized carbons (Fsp3) is 0.435. The van der Waals surface area contributed by atoms with E-state index in [1.807, 2.05) is 67.1 Å². The summed E-state index contributed by atoms with van der Waals surface area (Å²) in [5.41, 5.74) is 1.48. The summed E-state index contributed by atoms with van der Waals surface area (Å²) in [6, 6.07) is 8.13. The van der Waals surface area contributed by atoms with Crippen molar-refractivity contribution in [2.75, 3.05) is 13.2 Å². The van der Waals surface area contributed by atoms with Crippen LogP contribution in [-0.2, 0) is 29.0 Å². The minimum absolute atomic E-state index is 0.112. The van der Waals surface area contributed by atoms with Gasteiger partial charge in [0.05, 0.1) is 31.3 Å². The Labute approximate surface area is 182 Å². The maximum absolute atomic E-state index is 13.3. The monoisotopic (exact) mass is 426 g/mol. The molecular weight excluding hydrogens is 396 g/mol. The van der Waals surface area contributed by atoms with E-state index in [2.05, 4.69) is 10.3 Å². The Morgan fingerprint density at radius 3 is 2.81 bits per heavy atom. The Hall–Kier alpha value is -3.13. The summed E-state index contributed by atoms with van der Waals surface area (Å²) in [7, 11) is 0. The molecule has 2 aromatic rings. The quantitative estimate of drug-likeness (QED) is 0.733. The lowest BCUT2D eigenvalue weighted by atomic mass is 10.0. The predicted molar refractivity (Wildman–Crippen MR) is 116 cm³/mol. The van der Waals surface area contributed by atoms with E-state index < -0.39 is 12.1 Å². The largest absolute Gasteiger partial charge is 0.465 e. The van der Waals surface area contributed by atoms with E-state index in [0.717, 1.165) is 5.56 Å². The van der Waals surface area contributed by atoms with Gasteiger partial charge in [0.1, 0.15) is 6.04 Å². The molecule has 0 spiro atoms. The molecule has 2 bridgehead atoms. The number of nitrogens with zero attached hydrogens (tertiary/aromatic N) is 3. The van der Waals surface area contributed by atoms with Gasteiger partial charge in [0.2, 0.25) is 5.91 Å². The Kier molecular flexibility index (Phi) is 7.83. The first kappa shape index (κ1) is 22.6. The van der Waals surface area contributed by atoms with Crippen LogP contribution in [0.1, 0.15) is 25.1 Å². The first-order chi connectivity index (χ1) is 14.9. The molecule has 1 aromatic carbocycles. The molecule has 3 rings (SSSR count). The fourth-order valence-electron chi connectivity index (χ4n) is 3.45. The summed E-state index contributed by atoms with van der Waals surface area (Å²) in [5, 5.41) is 13.0. The second kappa shape index (κ2) is 10.8. The van der Waals surface area contributed by atoms with Gasteiger partial charge in [-0.2, -0.15) is 0 Å². The number of amides is 2. The van der Waals surface area contributed by atoms with Gasteiger partial charge in [0.15, 0.2) is 0 Å². The molecule has 31 heavy (non-hydrogen) atoms. The van der Waals surface area contributed by atoms with Crippen molar-refractivity contribution >= 4 is 12.0 Å². The van der Waals surface area contributed by atoms with Crippen molar-refractivity contribution in [3.8, 4) is 0 Å². The average molecular weight is 427 g/mol. The lowest BCUT2D eigenvalue weighted by Crippen LogP contribution is -2.54. The molecule has 2 atom stereocenters. The zero-order chi connectivity index (χ0) is 22.2. The van der Waals surface area contributed by atoms with Crippen molar-refractivity contribution in [1.29, 1.82) is 0 Å². The van der Waals surface area contributed by atoms with Crippen molar-refractivity contribution in [2.45, 2.75) is 45.4 Å². The average Bonchev–Trinajstić information content (AvgIpc) is 3.19. The van der Waals surface area contributed by atoms with E-state index in [-0.39, 0.29) is 30.8 Å². The molecule has 8 nitrogen and oxygen atoms in total. The highest BCUT2D eigenvalue weighted by Gasteiger charge is 2.32. The standard InChI is InChI=1S/C23H30N4O4/c1-17(2)20-15-31-11-7-6-10-26-14-19(24-16-26)12-21(22(28)25-20)27(23(29)30)13-18-8-4-3-5-9-18/h3-9,14,16-17,20-21H,10-13,15H2,1-2H3,(H,25,28)(H,29,30)/b7-6-/t20-,21-/m1/s1. The second-order valence-electron chi connectivity index (χ2n) is 8.05. The lowest BCUT2D eigenvalue weighted by Gasteiger charge is -2.31. The second-order valence-corrected chi connectivity index (χ2v) is 8.05.